The molecule has 5 N–H and O–H groups in total. The van der Waals surface area contributed by atoms with Crippen molar-refractivity contribution in [3.05, 3.63) is 0 Å². The van der Waals surface area contributed by atoms with Crippen LogP contribution in [-0.2, 0) is 14.4 Å². The molecular weight excluding hydrogens is 332 g/mol. The van der Waals surface area contributed by atoms with Crippen LogP contribution in [0.4, 0.5) is 0 Å². The Labute approximate surface area is 161 Å². The maximum Gasteiger partial charge on any atom is 0.237 e. The number of nitrogens with two attached hydrogens (primary N) is 1. The van der Waals surface area contributed by atoms with Crippen molar-refractivity contribution in [1.29, 1.82) is 0 Å². The van der Waals surface area contributed by atoms with E-state index in [2.05, 4.69) is 28.6 Å². The lowest BCUT2D eigenvalue weighted by Crippen LogP contribution is -2.48. The molecule has 0 aliphatic rings. The number of primary amides is 1. The molecule has 0 aromatic carbocycles. The average molecular weight is 377 g/mol. The van der Waals surface area contributed by atoms with Crippen molar-refractivity contribution in [1.82, 2.24) is 16.0 Å². The number of amides is 2. The highest BCUT2D eigenvalue weighted by Gasteiger charge is 2.21. The van der Waals surface area contributed by atoms with Crippen LogP contribution in [0.15, 0.2) is 0 Å². The van der Waals surface area contributed by atoms with Crippen molar-refractivity contribution in [3.8, 4) is 0 Å². The van der Waals surface area contributed by atoms with Gasteiger partial charge >= 0.3 is 0 Å². The molecule has 26 heavy (non-hydrogen) atoms. The molecule has 0 fully saturated rings. The number of hydrogen-bond donors (Lipinski definition) is 4. The van der Waals surface area contributed by atoms with Crippen LogP contribution in [-0.4, -0.2) is 50.8 Å². The van der Waals surface area contributed by atoms with Gasteiger partial charge in [-0.25, -0.2) is 0 Å². The quantitative estimate of drug-likeness (QED) is 0.458. The Kier molecular flexibility index (Phi) is 31.9. The molecule has 0 aliphatic heterocycles. The van der Waals surface area contributed by atoms with Crippen molar-refractivity contribution in [3.63, 3.8) is 0 Å². The maximum absolute atomic E-state index is 11.8. The molecule has 0 spiro atoms. The zero-order chi connectivity index (χ0) is 21.5. The van der Waals surface area contributed by atoms with E-state index < -0.39 is 0 Å². The zero-order valence-electron chi connectivity index (χ0n) is 18.4. The van der Waals surface area contributed by atoms with E-state index in [-0.39, 0.29) is 42.5 Å². The number of carbonyl (C=O) groups is 3. The van der Waals surface area contributed by atoms with Crippen LogP contribution in [0.25, 0.3) is 0 Å². The summed E-state index contributed by atoms with van der Waals surface area (Å²) in [6, 6.07) is -0.218. The second kappa shape index (κ2) is 25.8. The summed E-state index contributed by atoms with van der Waals surface area (Å²) in [4.78, 5) is 31.7. The van der Waals surface area contributed by atoms with Crippen LogP contribution in [0.1, 0.15) is 61.8 Å². The largest absolute Gasteiger partial charge is 0.372 e. The normalized spacial score (nSPS) is 10.3. The summed E-state index contributed by atoms with van der Waals surface area (Å²) in [6.45, 7) is 17.8. The summed E-state index contributed by atoms with van der Waals surface area (Å²) in [7, 11) is 1.96. The maximum atomic E-state index is 11.8. The minimum absolute atomic E-state index is 0.0306. The second-order valence-electron chi connectivity index (χ2n) is 5.86. The number of carbonyl (C=O) groups excluding carboxylic acids is 3. The standard InChI is InChI=1S/C12H24N2O2.C4H11N.C2H6.CH3NO/c1-6-13-11(9(4)5)12(16)14-7-10(15)8(2)3;1-3-4-5-2;1-2;2-1-3/h8-9,11,13H,6-7H2,1-5H3,(H,14,16);5H,3-4H2,1-2H3;1-2H3;1H,(H2,2,3). The monoisotopic (exact) mass is 376 g/mol. The fourth-order valence-electron chi connectivity index (χ4n) is 1.59. The van der Waals surface area contributed by atoms with Gasteiger partial charge in [0.2, 0.25) is 12.3 Å². The molecule has 0 heterocycles. The van der Waals surface area contributed by atoms with E-state index in [1.807, 2.05) is 55.5 Å². The van der Waals surface area contributed by atoms with Gasteiger partial charge < -0.3 is 21.7 Å². The predicted octanol–water partition coefficient (Wildman–Crippen LogP) is 1.71. The van der Waals surface area contributed by atoms with Gasteiger partial charge in [0.15, 0.2) is 5.78 Å². The summed E-state index contributed by atoms with van der Waals surface area (Å²) in [5.41, 5.74) is 4.17. The van der Waals surface area contributed by atoms with Crippen LogP contribution in [0.2, 0.25) is 0 Å². The molecule has 0 aromatic rings. The van der Waals surface area contributed by atoms with E-state index in [0.29, 0.717) is 0 Å². The number of ketones is 1. The Morgan fingerprint density at radius 3 is 1.77 bits per heavy atom. The Hall–Kier alpha value is -1.47. The Bertz CT molecular complexity index is 320. The van der Waals surface area contributed by atoms with Crippen molar-refractivity contribution < 1.29 is 14.4 Å². The summed E-state index contributed by atoms with van der Waals surface area (Å²) in [5.74, 6) is 0.157. The zero-order valence-corrected chi connectivity index (χ0v) is 18.4. The second-order valence-corrected chi connectivity index (χ2v) is 5.86. The van der Waals surface area contributed by atoms with Crippen LogP contribution < -0.4 is 21.7 Å². The Balaban J connectivity index is -0.000000200. The Morgan fingerprint density at radius 1 is 1.08 bits per heavy atom. The lowest BCUT2D eigenvalue weighted by Gasteiger charge is -2.20. The molecule has 7 nitrogen and oxygen atoms in total. The first kappa shape index (κ1) is 32.2. The summed E-state index contributed by atoms with van der Waals surface area (Å²) in [6.07, 6.45) is 1.48. The average Bonchev–Trinajstić information content (AvgIpc) is 2.60. The number of likely N-dealkylation sites (N-methyl/N-ethyl adjacent to an activating group) is 1. The van der Waals surface area contributed by atoms with E-state index in [1.165, 1.54) is 6.42 Å². The third-order valence-electron chi connectivity index (χ3n) is 2.95. The van der Waals surface area contributed by atoms with Crippen molar-refractivity contribution in [2.24, 2.45) is 17.6 Å². The third kappa shape index (κ3) is 24.8. The predicted molar refractivity (Wildman–Crippen MR) is 111 cm³/mol. The number of hydrogen-bond acceptors (Lipinski definition) is 5. The lowest BCUT2D eigenvalue weighted by atomic mass is 10.0. The topological polar surface area (TPSA) is 113 Å². The minimum Gasteiger partial charge on any atom is -0.372 e. The fourth-order valence-corrected chi connectivity index (χ4v) is 1.59. The third-order valence-corrected chi connectivity index (χ3v) is 2.95. The van der Waals surface area contributed by atoms with Crippen LogP contribution in [0, 0.1) is 11.8 Å². The minimum atomic E-state index is -0.218. The molecule has 0 saturated heterocycles. The highest BCUT2D eigenvalue weighted by Crippen LogP contribution is 2.01. The molecular formula is C19H44N4O3. The van der Waals surface area contributed by atoms with Crippen LogP contribution in [0.3, 0.4) is 0 Å². The van der Waals surface area contributed by atoms with Gasteiger partial charge in [-0.1, -0.05) is 55.4 Å². The SMILES string of the molecule is CC.CCCNC.CCNC(C(=O)NCC(=O)C(C)C)C(C)C.NC=O. The molecule has 1 unspecified atom stereocenters. The molecule has 1 atom stereocenters. The highest BCUT2D eigenvalue weighted by atomic mass is 16.2. The smallest absolute Gasteiger partial charge is 0.237 e. The van der Waals surface area contributed by atoms with Gasteiger partial charge in [0.05, 0.1) is 12.6 Å². The molecule has 158 valence electrons. The summed E-state index contributed by atoms with van der Waals surface area (Å²) < 4.78 is 0. The van der Waals surface area contributed by atoms with Crippen LogP contribution in [0.5, 0.6) is 0 Å². The summed E-state index contributed by atoms with van der Waals surface area (Å²) >= 11 is 0. The van der Waals surface area contributed by atoms with Gasteiger partial charge in [0.1, 0.15) is 0 Å². The molecule has 0 rings (SSSR count). The number of Topliss-reactive ketones (excluding diaryl/α,β-unsaturated/α-hetero) is 1. The van der Waals surface area contributed by atoms with Crippen LogP contribution >= 0.6 is 0 Å². The Morgan fingerprint density at radius 2 is 1.54 bits per heavy atom. The lowest BCUT2D eigenvalue weighted by molar-refractivity contribution is -0.128. The molecule has 0 radical (unpaired) electrons. The first-order valence-corrected chi connectivity index (χ1v) is 9.56. The van der Waals surface area contributed by atoms with Gasteiger partial charge in [0, 0.05) is 5.92 Å². The summed E-state index contributed by atoms with van der Waals surface area (Å²) in [5, 5.41) is 8.81. The molecule has 0 bridgehead atoms. The molecule has 2 amide bonds. The molecule has 7 heteroatoms. The van der Waals surface area contributed by atoms with E-state index in [1.54, 1.807) is 0 Å². The molecule has 0 aliphatic carbocycles. The van der Waals surface area contributed by atoms with E-state index in [4.69, 9.17) is 4.79 Å². The van der Waals surface area contributed by atoms with Gasteiger partial charge in [-0.15, -0.1) is 0 Å². The van der Waals surface area contributed by atoms with E-state index >= 15 is 0 Å². The van der Waals surface area contributed by atoms with Crippen molar-refractivity contribution >= 4 is 18.1 Å². The molecule has 0 aromatic heterocycles. The van der Waals surface area contributed by atoms with Gasteiger partial charge in [-0.3, -0.25) is 14.4 Å². The van der Waals surface area contributed by atoms with E-state index in [0.717, 1.165) is 13.1 Å². The highest BCUT2D eigenvalue weighted by molar-refractivity contribution is 5.89. The first-order valence-electron chi connectivity index (χ1n) is 9.56. The molecule has 0 saturated carbocycles. The van der Waals surface area contributed by atoms with Crippen molar-refractivity contribution in [2.45, 2.75) is 67.9 Å². The fraction of sp³-hybridized carbons (Fsp3) is 0.842. The first-order chi connectivity index (χ1) is 12.2. The number of rotatable bonds is 9. The van der Waals surface area contributed by atoms with Crippen molar-refractivity contribution in [2.75, 3.05) is 26.7 Å². The van der Waals surface area contributed by atoms with E-state index in [9.17, 15) is 9.59 Å². The van der Waals surface area contributed by atoms with Gasteiger partial charge in [-0.2, -0.15) is 0 Å². The van der Waals surface area contributed by atoms with Gasteiger partial charge in [0.25, 0.3) is 0 Å². The number of nitrogens with one attached hydrogen (secondary N) is 3. The van der Waals surface area contributed by atoms with Gasteiger partial charge in [-0.05, 0) is 32.5 Å².